The van der Waals surface area contributed by atoms with Crippen LogP contribution in [-0.4, -0.2) is 0 Å². The van der Waals surface area contributed by atoms with Crippen LogP contribution >= 0.6 is 0 Å². The smallest absolute Gasteiger partial charge is 0.0171 e. The fourth-order valence-electron chi connectivity index (χ4n) is 5.41. The zero-order valence-corrected chi connectivity index (χ0v) is 15.1. The van der Waals surface area contributed by atoms with Crippen LogP contribution in [-0.2, 0) is 0 Å². The van der Waals surface area contributed by atoms with Crippen molar-refractivity contribution in [1.82, 2.24) is 5.32 Å². The molecule has 1 saturated carbocycles. The van der Waals surface area contributed by atoms with Crippen molar-refractivity contribution < 1.29 is 0 Å². The minimum atomic E-state index is 0.344. The number of hydrogen-bond donors (Lipinski definition) is 1. The second-order valence-electron chi connectivity index (χ2n) is 8.53. The molecule has 0 aliphatic heterocycles. The average Bonchev–Trinajstić information content (AvgIpc) is 2.67. The molecule has 0 saturated heterocycles. The number of fused-ring (bicyclic) bond motifs is 1. The minimum Gasteiger partial charge on any atom is -0.363 e. The lowest BCUT2D eigenvalue weighted by molar-refractivity contribution is -0.00302. The standard InChI is InChI=1S/C20H35N/c1-8-12-19(5,6)16-11-13-20(7)17(15(16)4)9-10-18(20)21-14(2)3/h10,15-17,21H,2,8-9,11-13H2,1,3-7H3/t15?,16?,17?,20-/m0/s1. The summed E-state index contributed by atoms with van der Waals surface area (Å²) in [7, 11) is 0. The topological polar surface area (TPSA) is 12.0 Å². The van der Waals surface area contributed by atoms with Crippen LogP contribution in [0.25, 0.3) is 0 Å². The fourth-order valence-corrected chi connectivity index (χ4v) is 5.41. The molecule has 0 spiro atoms. The lowest BCUT2D eigenvalue weighted by Gasteiger charge is -2.51. The van der Waals surface area contributed by atoms with E-state index in [4.69, 9.17) is 0 Å². The second kappa shape index (κ2) is 5.82. The van der Waals surface area contributed by atoms with Gasteiger partial charge in [0.2, 0.25) is 0 Å². The molecule has 21 heavy (non-hydrogen) atoms. The summed E-state index contributed by atoms with van der Waals surface area (Å²) in [5, 5.41) is 3.55. The first kappa shape index (κ1) is 16.6. The number of rotatable bonds is 5. The molecule has 0 bridgehead atoms. The van der Waals surface area contributed by atoms with Crippen molar-refractivity contribution in [3.05, 3.63) is 24.0 Å². The van der Waals surface area contributed by atoms with E-state index in [9.17, 15) is 0 Å². The summed E-state index contributed by atoms with van der Waals surface area (Å²) in [4.78, 5) is 0. The largest absolute Gasteiger partial charge is 0.363 e. The molecular formula is C20H35N. The van der Waals surface area contributed by atoms with Crippen LogP contribution in [0.3, 0.4) is 0 Å². The minimum absolute atomic E-state index is 0.344. The maximum absolute atomic E-state index is 4.03. The number of hydrogen-bond acceptors (Lipinski definition) is 1. The first-order valence-corrected chi connectivity index (χ1v) is 8.85. The SMILES string of the molecule is C=C(C)NC1=CCC2C(C)C(C(C)(C)CCC)CC[C@]12C. The summed E-state index contributed by atoms with van der Waals surface area (Å²) >= 11 is 0. The van der Waals surface area contributed by atoms with Crippen LogP contribution in [0.4, 0.5) is 0 Å². The molecule has 0 radical (unpaired) electrons. The van der Waals surface area contributed by atoms with E-state index < -0.39 is 0 Å². The van der Waals surface area contributed by atoms with Crippen molar-refractivity contribution in [2.45, 2.75) is 73.6 Å². The first-order valence-electron chi connectivity index (χ1n) is 8.85. The van der Waals surface area contributed by atoms with Gasteiger partial charge in [0.15, 0.2) is 0 Å². The van der Waals surface area contributed by atoms with Gasteiger partial charge in [0.05, 0.1) is 0 Å². The Balaban J connectivity index is 2.17. The molecule has 2 aliphatic rings. The molecule has 2 rings (SSSR count). The molecule has 0 heterocycles. The van der Waals surface area contributed by atoms with Gasteiger partial charge in [-0.3, -0.25) is 0 Å². The lowest BCUT2D eigenvalue weighted by Crippen LogP contribution is -2.45. The van der Waals surface area contributed by atoms with Gasteiger partial charge in [-0.25, -0.2) is 0 Å². The van der Waals surface area contributed by atoms with Crippen LogP contribution in [0, 0.1) is 28.6 Å². The van der Waals surface area contributed by atoms with Crippen LogP contribution < -0.4 is 5.32 Å². The van der Waals surface area contributed by atoms with Crippen LogP contribution in [0.15, 0.2) is 24.0 Å². The Morgan fingerprint density at radius 3 is 2.71 bits per heavy atom. The molecule has 0 amide bonds. The Hall–Kier alpha value is -0.720. The maximum atomic E-state index is 4.03. The third kappa shape index (κ3) is 2.94. The number of allylic oxidation sites excluding steroid dienone is 3. The van der Waals surface area contributed by atoms with Crippen molar-refractivity contribution in [2.75, 3.05) is 0 Å². The highest BCUT2D eigenvalue weighted by molar-refractivity contribution is 5.25. The van der Waals surface area contributed by atoms with Crippen LogP contribution in [0.5, 0.6) is 0 Å². The lowest BCUT2D eigenvalue weighted by atomic mass is 9.54. The molecule has 0 aromatic heterocycles. The van der Waals surface area contributed by atoms with E-state index in [1.54, 1.807) is 0 Å². The summed E-state index contributed by atoms with van der Waals surface area (Å²) in [5.41, 5.74) is 3.35. The molecule has 4 atom stereocenters. The van der Waals surface area contributed by atoms with E-state index in [0.29, 0.717) is 10.8 Å². The van der Waals surface area contributed by atoms with Gasteiger partial charge in [-0.05, 0) is 55.8 Å². The fraction of sp³-hybridized carbons (Fsp3) is 0.800. The van der Waals surface area contributed by atoms with Crippen molar-refractivity contribution in [3.63, 3.8) is 0 Å². The van der Waals surface area contributed by atoms with Crippen molar-refractivity contribution in [1.29, 1.82) is 0 Å². The van der Waals surface area contributed by atoms with Gasteiger partial charge >= 0.3 is 0 Å². The molecule has 3 unspecified atom stereocenters. The molecule has 2 aliphatic carbocycles. The molecular weight excluding hydrogens is 254 g/mol. The quantitative estimate of drug-likeness (QED) is 0.665. The van der Waals surface area contributed by atoms with E-state index in [1.807, 2.05) is 0 Å². The molecule has 1 heteroatoms. The summed E-state index contributed by atoms with van der Waals surface area (Å²) in [6.45, 7) is 18.4. The summed E-state index contributed by atoms with van der Waals surface area (Å²) < 4.78 is 0. The van der Waals surface area contributed by atoms with Crippen LogP contribution in [0.1, 0.15) is 73.6 Å². The van der Waals surface area contributed by atoms with Crippen LogP contribution in [0.2, 0.25) is 0 Å². The Labute approximate surface area is 132 Å². The van der Waals surface area contributed by atoms with Crippen molar-refractivity contribution in [3.8, 4) is 0 Å². The molecule has 1 N–H and O–H groups in total. The molecule has 0 aromatic rings. The Morgan fingerprint density at radius 2 is 2.14 bits per heavy atom. The van der Waals surface area contributed by atoms with E-state index in [0.717, 1.165) is 23.5 Å². The van der Waals surface area contributed by atoms with E-state index >= 15 is 0 Å². The first-order chi connectivity index (χ1) is 9.72. The summed E-state index contributed by atoms with van der Waals surface area (Å²) in [6.07, 6.45) is 9.05. The maximum Gasteiger partial charge on any atom is 0.0171 e. The van der Waals surface area contributed by atoms with E-state index in [1.165, 1.54) is 37.8 Å². The Morgan fingerprint density at radius 1 is 1.48 bits per heavy atom. The predicted molar refractivity (Wildman–Crippen MR) is 92.8 cm³/mol. The monoisotopic (exact) mass is 289 g/mol. The van der Waals surface area contributed by atoms with E-state index in [2.05, 4.69) is 59.5 Å². The number of nitrogens with one attached hydrogen (secondary N) is 1. The second-order valence-corrected chi connectivity index (χ2v) is 8.53. The third-order valence-electron chi connectivity index (χ3n) is 6.50. The van der Waals surface area contributed by atoms with Crippen molar-refractivity contribution >= 4 is 0 Å². The van der Waals surface area contributed by atoms with Gasteiger partial charge in [0.25, 0.3) is 0 Å². The highest BCUT2D eigenvalue weighted by Crippen LogP contribution is 2.59. The third-order valence-corrected chi connectivity index (χ3v) is 6.50. The predicted octanol–water partition coefficient (Wildman–Crippen LogP) is 5.89. The summed E-state index contributed by atoms with van der Waals surface area (Å²) in [5.74, 6) is 2.48. The van der Waals surface area contributed by atoms with Gasteiger partial charge in [-0.15, -0.1) is 0 Å². The molecule has 0 aromatic carbocycles. The molecule has 120 valence electrons. The van der Waals surface area contributed by atoms with Gasteiger partial charge in [0.1, 0.15) is 0 Å². The molecule has 1 nitrogen and oxygen atoms in total. The van der Waals surface area contributed by atoms with Gasteiger partial charge in [0, 0.05) is 16.8 Å². The van der Waals surface area contributed by atoms with Gasteiger partial charge in [-0.1, -0.05) is 53.7 Å². The normalized spacial score (nSPS) is 36.1. The Kier molecular flexibility index (Phi) is 4.61. The van der Waals surface area contributed by atoms with Gasteiger partial charge < -0.3 is 5.32 Å². The van der Waals surface area contributed by atoms with Crippen molar-refractivity contribution in [2.24, 2.45) is 28.6 Å². The zero-order chi connectivity index (χ0) is 15.8. The zero-order valence-electron chi connectivity index (χ0n) is 15.1. The summed E-state index contributed by atoms with van der Waals surface area (Å²) in [6, 6.07) is 0. The highest BCUT2D eigenvalue weighted by atomic mass is 14.9. The Bertz CT molecular complexity index is 431. The average molecular weight is 290 g/mol. The van der Waals surface area contributed by atoms with E-state index in [-0.39, 0.29) is 0 Å². The molecule has 1 fully saturated rings. The van der Waals surface area contributed by atoms with Gasteiger partial charge in [-0.2, -0.15) is 0 Å². The highest BCUT2D eigenvalue weighted by Gasteiger charge is 2.51.